The number of carbonyl (C=O) groups is 1. The van der Waals surface area contributed by atoms with E-state index in [0.717, 1.165) is 6.26 Å². The lowest BCUT2D eigenvalue weighted by molar-refractivity contribution is -0.275. The first kappa shape index (κ1) is 35.3. The monoisotopic (exact) mass is 621 g/mol. The molecule has 2 amide bonds. The topological polar surface area (TPSA) is 293 Å². The van der Waals surface area contributed by atoms with Gasteiger partial charge in [-0.3, -0.25) is 5.21 Å². The second-order valence-electron chi connectivity index (χ2n) is 10.7. The molecule has 0 bridgehead atoms. The van der Waals surface area contributed by atoms with Gasteiger partial charge in [0.05, 0.1) is 56.8 Å². The molecule has 3 aliphatic rings. The Morgan fingerprint density at radius 3 is 2.58 bits per heavy atom. The number of likely N-dealkylation sites (N-methyl/N-ethyl adjacent to an activating group) is 1. The molecule has 248 valence electrons. The number of aliphatic hydroxyl groups excluding tert-OH is 5. The van der Waals surface area contributed by atoms with Crippen molar-refractivity contribution in [1.29, 1.82) is 0 Å². The number of nitrogens with two attached hydrogens (primary N) is 3. The van der Waals surface area contributed by atoms with Crippen LogP contribution >= 0.6 is 0 Å². The van der Waals surface area contributed by atoms with E-state index in [1.165, 1.54) is 0 Å². The second-order valence-corrected chi connectivity index (χ2v) is 10.7. The summed E-state index contributed by atoms with van der Waals surface area (Å²) >= 11 is 0. The number of carbonyl (C=O) groups excluding carboxylic acids is 1. The first-order valence-electron chi connectivity index (χ1n) is 14.2. The Morgan fingerprint density at radius 1 is 1.21 bits per heavy atom. The van der Waals surface area contributed by atoms with Crippen LogP contribution in [0.3, 0.4) is 0 Å². The van der Waals surface area contributed by atoms with E-state index in [1.807, 2.05) is 0 Å². The number of amides is 2. The molecular formula is C25H47N7O11. The molecule has 0 radical (unpaired) electrons. The third-order valence-electron chi connectivity index (χ3n) is 7.52. The van der Waals surface area contributed by atoms with Crippen molar-refractivity contribution in [3.05, 3.63) is 23.7 Å². The largest absolute Gasteiger partial charge is 0.515 e. The molecule has 18 nitrogen and oxygen atoms in total. The van der Waals surface area contributed by atoms with Gasteiger partial charge in [0.25, 0.3) is 0 Å². The standard InChI is InChI=1S/C25H47N7O11/c1-29-18-12(9-33)11-40-24(19(18)36)43-22-17(31-25(38)32(39)5-4-26)6-16(28)21(20(22)37)42-23-15(27)3-2-14(41-23)8-30-7-13(35)10-34/h2,9,13,15-24,29-30,33-37,39H,3-8,10-11,26-28H2,1H3,(H,31,38)/b12-9-/t13?,15-,16+,17-,18+,19-,20+,21?,22+,23-,24-/m1/s1. The van der Waals surface area contributed by atoms with Gasteiger partial charge in [-0.25, -0.2) is 9.86 Å². The fourth-order valence-electron chi connectivity index (χ4n) is 5.17. The third-order valence-corrected chi connectivity index (χ3v) is 7.52. The van der Waals surface area contributed by atoms with E-state index in [0.29, 0.717) is 22.8 Å². The van der Waals surface area contributed by atoms with Crippen LogP contribution in [0.2, 0.25) is 0 Å². The molecule has 11 atom stereocenters. The van der Waals surface area contributed by atoms with Gasteiger partial charge < -0.3 is 77.6 Å². The summed E-state index contributed by atoms with van der Waals surface area (Å²) in [5, 5.41) is 69.2. The normalized spacial score (nSPS) is 36.5. The van der Waals surface area contributed by atoms with Gasteiger partial charge in [-0.05, 0) is 26.0 Å². The molecule has 1 aliphatic carbocycles. The molecule has 2 aliphatic heterocycles. The Kier molecular flexibility index (Phi) is 13.8. The minimum absolute atomic E-state index is 0.00357. The molecule has 1 saturated heterocycles. The van der Waals surface area contributed by atoms with Crippen LogP contribution in [0.25, 0.3) is 0 Å². The zero-order valence-electron chi connectivity index (χ0n) is 24.1. The quantitative estimate of drug-likeness (QED) is 0.0522. The Balaban J connectivity index is 1.76. The first-order valence-corrected chi connectivity index (χ1v) is 14.2. The van der Waals surface area contributed by atoms with E-state index in [2.05, 4.69) is 16.0 Å². The number of hydroxylamine groups is 2. The van der Waals surface area contributed by atoms with E-state index >= 15 is 0 Å². The van der Waals surface area contributed by atoms with Gasteiger partial charge in [-0.15, -0.1) is 0 Å². The van der Waals surface area contributed by atoms with Crippen molar-refractivity contribution in [3.63, 3.8) is 0 Å². The fraction of sp³-hybridized carbons (Fsp3) is 0.800. The number of aliphatic hydroxyl groups is 5. The number of rotatable bonds is 13. The summed E-state index contributed by atoms with van der Waals surface area (Å²) in [6.07, 6.45) is -5.47. The van der Waals surface area contributed by atoms with E-state index < -0.39 is 79.9 Å². The van der Waals surface area contributed by atoms with Crippen LogP contribution in [-0.2, 0) is 18.9 Å². The van der Waals surface area contributed by atoms with Gasteiger partial charge in [0, 0.05) is 24.7 Å². The fourth-order valence-corrected chi connectivity index (χ4v) is 5.17. The molecule has 0 aromatic carbocycles. The zero-order valence-corrected chi connectivity index (χ0v) is 24.1. The van der Waals surface area contributed by atoms with E-state index in [9.17, 15) is 30.4 Å². The summed E-state index contributed by atoms with van der Waals surface area (Å²) in [5.41, 5.74) is 18.4. The summed E-state index contributed by atoms with van der Waals surface area (Å²) in [6.45, 7) is -0.300. The first-order chi connectivity index (χ1) is 20.5. The van der Waals surface area contributed by atoms with Crippen molar-refractivity contribution in [1.82, 2.24) is 21.0 Å². The second kappa shape index (κ2) is 16.8. The third kappa shape index (κ3) is 9.17. The molecule has 0 spiro atoms. The molecule has 18 heteroatoms. The molecule has 2 unspecified atom stereocenters. The number of nitrogens with zero attached hydrogens (tertiary/aromatic N) is 1. The van der Waals surface area contributed by atoms with Crippen molar-refractivity contribution >= 4 is 6.03 Å². The van der Waals surface area contributed by atoms with Crippen molar-refractivity contribution in [2.45, 2.75) is 80.1 Å². The summed E-state index contributed by atoms with van der Waals surface area (Å²) < 4.78 is 23.7. The smallest absolute Gasteiger partial charge is 0.341 e. The predicted molar refractivity (Wildman–Crippen MR) is 149 cm³/mol. The Hall–Kier alpha value is -2.17. The van der Waals surface area contributed by atoms with Crippen LogP contribution in [0.15, 0.2) is 23.7 Å². The lowest BCUT2D eigenvalue weighted by Crippen LogP contribution is -2.67. The molecular weight excluding hydrogens is 574 g/mol. The summed E-state index contributed by atoms with van der Waals surface area (Å²) in [5.74, 6) is 0.473. The molecule has 2 heterocycles. The molecule has 1 saturated carbocycles. The minimum atomic E-state index is -1.50. The van der Waals surface area contributed by atoms with Gasteiger partial charge in [-0.2, -0.15) is 0 Å². The maximum Gasteiger partial charge on any atom is 0.341 e. The van der Waals surface area contributed by atoms with Crippen LogP contribution in [0.1, 0.15) is 12.8 Å². The van der Waals surface area contributed by atoms with Gasteiger partial charge in [-0.1, -0.05) is 0 Å². The Labute approximate surface area is 249 Å². The lowest BCUT2D eigenvalue weighted by atomic mass is 9.83. The van der Waals surface area contributed by atoms with Crippen LogP contribution in [0.5, 0.6) is 0 Å². The number of ether oxygens (including phenoxy) is 4. The summed E-state index contributed by atoms with van der Waals surface area (Å²) in [6, 6.07) is -4.09. The SMILES string of the molecule is CN[C@H]1/C(=C\O)CO[C@H](O[C@H]2[C@H](NC(=O)N(O)CCN)C[C@H](N)C(O[C@H]3OC(CNCC(O)CO)=CC[C@H]3N)[C@@H]2O)[C@@H]1O. The average Bonchev–Trinajstić information content (AvgIpc) is 2.98. The number of nitrogens with one attached hydrogen (secondary N) is 3. The van der Waals surface area contributed by atoms with Crippen LogP contribution in [-0.4, -0.2) is 156 Å². The maximum absolute atomic E-state index is 12.6. The van der Waals surface area contributed by atoms with Gasteiger partial charge in [0.1, 0.15) is 30.2 Å². The Bertz CT molecular complexity index is 947. The van der Waals surface area contributed by atoms with E-state index in [-0.39, 0.29) is 39.2 Å². The highest BCUT2D eigenvalue weighted by Gasteiger charge is 2.49. The molecule has 0 aromatic heterocycles. The molecule has 43 heavy (non-hydrogen) atoms. The summed E-state index contributed by atoms with van der Waals surface area (Å²) in [4.78, 5) is 12.6. The number of hydrogen-bond acceptors (Lipinski definition) is 16. The molecule has 15 N–H and O–H groups in total. The van der Waals surface area contributed by atoms with Crippen molar-refractivity contribution < 1.29 is 54.5 Å². The van der Waals surface area contributed by atoms with Crippen molar-refractivity contribution in [2.75, 3.05) is 46.4 Å². The number of hydrogen-bond donors (Lipinski definition) is 12. The predicted octanol–water partition coefficient (Wildman–Crippen LogP) is -4.78. The Morgan fingerprint density at radius 2 is 1.93 bits per heavy atom. The van der Waals surface area contributed by atoms with Gasteiger partial charge >= 0.3 is 6.03 Å². The molecule has 0 aromatic rings. The van der Waals surface area contributed by atoms with Crippen LogP contribution in [0.4, 0.5) is 4.79 Å². The molecule has 3 rings (SSSR count). The van der Waals surface area contributed by atoms with E-state index in [1.54, 1.807) is 13.1 Å². The zero-order chi connectivity index (χ0) is 31.7. The van der Waals surface area contributed by atoms with Crippen molar-refractivity contribution in [3.8, 4) is 0 Å². The average molecular weight is 622 g/mol. The van der Waals surface area contributed by atoms with Crippen LogP contribution < -0.4 is 33.2 Å². The molecule has 2 fully saturated rings. The highest BCUT2D eigenvalue weighted by Crippen LogP contribution is 2.31. The lowest BCUT2D eigenvalue weighted by Gasteiger charge is -2.47. The summed E-state index contributed by atoms with van der Waals surface area (Å²) in [7, 11) is 1.58. The van der Waals surface area contributed by atoms with Crippen molar-refractivity contribution in [2.24, 2.45) is 17.2 Å². The maximum atomic E-state index is 12.6. The highest BCUT2D eigenvalue weighted by molar-refractivity contribution is 5.73. The van der Waals surface area contributed by atoms with Crippen LogP contribution in [0, 0.1) is 0 Å². The highest BCUT2D eigenvalue weighted by atomic mass is 16.7. The number of urea groups is 1. The minimum Gasteiger partial charge on any atom is -0.515 e. The van der Waals surface area contributed by atoms with Gasteiger partial charge in [0.2, 0.25) is 6.29 Å². The van der Waals surface area contributed by atoms with E-state index in [4.69, 9.17) is 41.3 Å². The van der Waals surface area contributed by atoms with Gasteiger partial charge in [0.15, 0.2) is 6.29 Å².